The maximum Gasteiger partial charge on any atom is 0.292 e. The van der Waals surface area contributed by atoms with Crippen molar-refractivity contribution in [3.8, 4) is 0 Å². The zero-order valence-electron chi connectivity index (χ0n) is 7.99. The van der Waals surface area contributed by atoms with E-state index in [0.717, 1.165) is 18.7 Å². The summed E-state index contributed by atoms with van der Waals surface area (Å²) in [7, 11) is 0. The van der Waals surface area contributed by atoms with Crippen LogP contribution in [0.5, 0.6) is 0 Å². The summed E-state index contributed by atoms with van der Waals surface area (Å²) in [5.74, 6) is 0. The first-order chi connectivity index (χ1) is 6.65. The minimum atomic E-state index is -0.487. The third-order valence-corrected chi connectivity index (χ3v) is 1.80. The second-order valence-corrected chi connectivity index (χ2v) is 2.96. The first kappa shape index (κ1) is 10.3. The topological polar surface area (TPSA) is 81.2 Å². The van der Waals surface area contributed by atoms with Crippen LogP contribution >= 0.6 is 0 Å². The maximum atomic E-state index is 10.5. The van der Waals surface area contributed by atoms with Crippen molar-refractivity contribution < 1.29 is 4.92 Å². The van der Waals surface area contributed by atoms with Crippen molar-refractivity contribution in [3.63, 3.8) is 0 Å². The number of rotatable bonds is 4. The van der Waals surface area contributed by atoms with E-state index in [9.17, 15) is 10.1 Å². The molecule has 0 radical (unpaired) electrons. The summed E-state index contributed by atoms with van der Waals surface area (Å²) < 4.78 is 0. The van der Waals surface area contributed by atoms with E-state index in [4.69, 9.17) is 5.73 Å². The second-order valence-electron chi connectivity index (χ2n) is 2.96. The van der Waals surface area contributed by atoms with E-state index in [0.29, 0.717) is 0 Å². The van der Waals surface area contributed by atoms with E-state index in [-0.39, 0.29) is 11.4 Å². The molecule has 0 spiro atoms. The Morgan fingerprint density at radius 1 is 1.57 bits per heavy atom. The monoisotopic (exact) mass is 195 g/mol. The first-order valence-corrected chi connectivity index (χ1v) is 4.43. The van der Waals surface area contributed by atoms with Crippen molar-refractivity contribution in [1.82, 2.24) is 0 Å². The van der Waals surface area contributed by atoms with Crippen molar-refractivity contribution in [2.75, 3.05) is 17.6 Å². The van der Waals surface area contributed by atoms with Gasteiger partial charge in [0.2, 0.25) is 0 Å². The highest BCUT2D eigenvalue weighted by Crippen LogP contribution is 2.24. The summed E-state index contributed by atoms with van der Waals surface area (Å²) in [6.07, 6.45) is 0.997. The zero-order chi connectivity index (χ0) is 10.6. The minimum absolute atomic E-state index is 0.0490. The lowest BCUT2D eigenvalue weighted by Crippen LogP contribution is -2.01. The van der Waals surface area contributed by atoms with E-state index in [1.165, 1.54) is 6.07 Å². The highest BCUT2D eigenvalue weighted by molar-refractivity contribution is 5.65. The number of nitro benzene ring substituents is 1. The van der Waals surface area contributed by atoms with Crippen molar-refractivity contribution in [3.05, 3.63) is 28.3 Å². The van der Waals surface area contributed by atoms with Gasteiger partial charge in [-0.05, 0) is 18.6 Å². The van der Waals surface area contributed by atoms with Crippen LogP contribution in [-0.2, 0) is 0 Å². The lowest BCUT2D eigenvalue weighted by molar-refractivity contribution is -0.383. The highest BCUT2D eigenvalue weighted by Gasteiger charge is 2.10. The quantitative estimate of drug-likeness (QED) is 0.437. The standard InChI is InChI=1S/C9H13N3O2/c1-2-5-11-7-3-4-9(12(13)14)8(10)6-7/h3-4,6,11H,2,5,10H2,1H3. The van der Waals surface area contributed by atoms with Gasteiger partial charge in [0.1, 0.15) is 5.69 Å². The molecule has 0 bridgehead atoms. The van der Waals surface area contributed by atoms with Gasteiger partial charge in [0.15, 0.2) is 0 Å². The average molecular weight is 195 g/mol. The molecule has 5 heteroatoms. The third-order valence-electron chi connectivity index (χ3n) is 1.80. The highest BCUT2D eigenvalue weighted by atomic mass is 16.6. The molecule has 0 saturated heterocycles. The number of anilines is 2. The van der Waals surface area contributed by atoms with Crippen molar-refractivity contribution in [1.29, 1.82) is 0 Å². The summed E-state index contributed by atoms with van der Waals surface area (Å²) in [4.78, 5) is 9.97. The van der Waals surface area contributed by atoms with Gasteiger partial charge in [-0.3, -0.25) is 10.1 Å². The molecule has 0 fully saturated rings. The molecule has 76 valence electrons. The molecule has 0 unspecified atom stereocenters. The number of nitrogens with zero attached hydrogens (tertiary/aromatic N) is 1. The van der Waals surface area contributed by atoms with Crippen LogP contribution in [-0.4, -0.2) is 11.5 Å². The number of nitrogen functional groups attached to an aromatic ring is 1. The molecule has 0 aliphatic carbocycles. The molecule has 0 aromatic heterocycles. The van der Waals surface area contributed by atoms with E-state index >= 15 is 0 Å². The number of benzene rings is 1. The largest absolute Gasteiger partial charge is 0.393 e. The molecule has 14 heavy (non-hydrogen) atoms. The first-order valence-electron chi connectivity index (χ1n) is 4.43. The number of nitro groups is 1. The summed E-state index contributed by atoms with van der Waals surface area (Å²) in [6, 6.07) is 4.64. The Hall–Kier alpha value is -1.78. The van der Waals surface area contributed by atoms with Crippen LogP contribution in [0.25, 0.3) is 0 Å². The van der Waals surface area contributed by atoms with Gasteiger partial charge >= 0.3 is 0 Å². The van der Waals surface area contributed by atoms with E-state index in [2.05, 4.69) is 5.32 Å². The fourth-order valence-electron chi connectivity index (χ4n) is 1.10. The van der Waals surface area contributed by atoms with Crippen molar-refractivity contribution >= 4 is 17.1 Å². The third kappa shape index (κ3) is 2.35. The van der Waals surface area contributed by atoms with Crippen molar-refractivity contribution in [2.45, 2.75) is 13.3 Å². The summed E-state index contributed by atoms with van der Waals surface area (Å²) >= 11 is 0. The predicted molar refractivity (Wildman–Crippen MR) is 56.3 cm³/mol. The number of hydrogen-bond donors (Lipinski definition) is 2. The van der Waals surface area contributed by atoms with Crippen LogP contribution < -0.4 is 11.1 Å². The van der Waals surface area contributed by atoms with Gasteiger partial charge in [-0.1, -0.05) is 6.92 Å². The zero-order valence-corrected chi connectivity index (χ0v) is 7.99. The molecule has 0 heterocycles. The van der Waals surface area contributed by atoms with Gasteiger partial charge in [0, 0.05) is 18.3 Å². The lowest BCUT2D eigenvalue weighted by atomic mass is 10.2. The Bertz CT molecular complexity index is 339. The Kier molecular flexibility index (Phi) is 3.28. The molecule has 0 aliphatic heterocycles. The molecule has 0 aliphatic rings. The molecule has 0 amide bonds. The van der Waals surface area contributed by atoms with Gasteiger partial charge < -0.3 is 11.1 Å². The van der Waals surface area contributed by atoms with Gasteiger partial charge in [-0.2, -0.15) is 0 Å². The number of nitrogens with one attached hydrogen (secondary N) is 1. The SMILES string of the molecule is CCCNc1ccc([N+](=O)[O-])c(N)c1. The molecule has 1 aromatic carbocycles. The Morgan fingerprint density at radius 3 is 2.79 bits per heavy atom. The van der Waals surface area contributed by atoms with E-state index in [1.54, 1.807) is 12.1 Å². The molecule has 3 N–H and O–H groups in total. The number of hydrogen-bond acceptors (Lipinski definition) is 4. The summed E-state index contributed by atoms with van der Waals surface area (Å²) in [6.45, 7) is 2.87. The van der Waals surface area contributed by atoms with Crippen LogP contribution in [0.15, 0.2) is 18.2 Å². The lowest BCUT2D eigenvalue weighted by Gasteiger charge is -2.05. The smallest absolute Gasteiger partial charge is 0.292 e. The molecular weight excluding hydrogens is 182 g/mol. The van der Waals surface area contributed by atoms with Gasteiger partial charge in [-0.25, -0.2) is 0 Å². The molecule has 0 saturated carbocycles. The molecular formula is C9H13N3O2. The van der Waals surface area contributed by atoms with Gasteiger partial charge in [-0.15, -0.1) is 0 Å². The second kappa shape index (κ2) is 4.45. The fraction of sp³-hybridized carbons (Fsp3) is 0.333. The van der Waals surface area contributed by atoms with Gasteiger partial charge in [0.25, 0.3) is 5.69 Å². The summed E-state index contributed by atoms with van der Waals surface area (Å²) in [5, 5.41) is 13.6. The van der Waals surface area contributed by atoms with Crippen LogP contribution in [0.1, 0.15) is 13.3 Å². The van der Waals surface area contributed by atoms with E-state index in [1.807, 2.05) is 6.92 Å². The predicted octanol–water partition coefficient (Wildman–Crippen LogP) is 2.00. The maximum absolute atomic E-state index is 10.5. The van der Waals surface area contributed by atoms with Crippen molar-refractivity contribution in [2.24, 2.45) is 0 Å². The molecule has 5 nitrogen and oxygen atoms in total. The number of nitrogens with two attached hydrogens (primary N) is 1. The average Bonchev–Trinajstić information content (AvgIpc) is 2.14. The van der Waals surface area contributed by atoms with Crippen LogP contribution in [0.4, 0.5) is 17.1 Å². The van der Waals surface area contributed by atoms with Crippen LogP contribution in [0, 0.1) is 10.1 Å². The molecule has 1 rings (SSSR count). The Morgan fingerprint density at radius 2 is 2.29 bits per heavy atom. The van der Waals surface area contributed by atoms with Crippen LogP contribution in [0.2, 0.25) is 0 Å². The van der Waals surface area contributed by atoms with Crippen LogP contribution in [0.3, 0.4) is 0 Å². The normalized spacial score (nSPS) is 9.79. The molecule has 1 aromatic rings. The minimum Gasteiger partial charge on any atom is -0.393 e. The Balaban J connectivity index is 2.83. The van der Waals surface area contributed by atoms with E-state index < -0.39 is 4.92 Å². The van der Waals surface area contributed by atoms with Gasteiger partial charge in [0.05, 0.1) is 4.92 Å². The summed E-state index contributed by atoms with van der Waals surface area (Å²) in [5.41, 5.74) is 6.47. The Labute approximate surface area is 82.1 Å². The fourth-order valence-corrected chi connectivity index (χ4v) is 1.10. The molecule has 0 atom stereocenters.